The van der Waals surface area contributed by atoms with Crippen molar-refractivity contribution in [3.63, 3.8) is 0 Å². The Kier molecular flexibility index (Phi) is 22.3. The van der Waals surface area contributed by atoms with Crippen molar-refractivity contribution in [2.45, 2.75) is 150 Å². The molecule has 2 N–H and O–H groups in total. The minimum atomic E-state index is -0.392. The number of aliphatic hydroxyl groups excluding tert-OH is 1. The first kappa shape index (κ1) is 63.1. The van der Waals surface area contributed by atoms with Crippen LogP contribution in [0, 0.1) is 17.8 Å². The van der Waals surface area contributed by atoms with E-state index in [-0.39, 0.29) is 46.2 Å². The maximum absolute atomic E-state index is 12.9. The van der Waals surface area contributed by atoms with Gasteiger partial charge in [0.15, 0.2) is 16.6 Å². The molecule has 0 spiro atoms. The quantitative estimate of drug-likeness (QED) is 0.120. The fourth-order valence-electron chi connectivity index (χ4n) is 11.0. The lowest BCUT2D eigenvalue weighted by Crippen LogP contribution is -2.43. The van der Waals surface area contributed by atoms with Gasteiger partial charge in [0, 0.05) is 110 Å². The molecule has 6 aliphatic rings. The Bertz CT molecular complexity index is 3470. The van der Waals surface area contributed by atoms with Gasteiger partial charge in [-0.1, -0.05) is 53.7 Å². The number of carbonyl (C=O) groups excluding carboxylic acids is 3. The van der Waals surface area contributed by atoms with E-state index in [1.807, 2.05) is 53.7 Å². The summed E-state index contributed by atoms with van der Waals surface area (Å²) in [4.78, 5) is 90.4. The van der Waals surface area contributed by atoms with Gasteiger partial charge in [0.05, 0.1) is 18.6 Å². The molecular formula is C58H82ClN15O10. The van der Waals surface area contributed by atoms with Gasteiger partial charge in [0.1, 0.15) is 17.5 Å². The lowest BCUT2D eigenvalue weighted by molar-refractivity contribution is -0.119. The lowest BCUT2D eigenvalue weighted by Gasteiger charge is -2.30. The van der Waals surface area contributed by atoms with E-state index in [0.29, 0.717) is 84.7 Å². The van der Waals surface area contributed by atoms with Crippen LogP contribution >= 0.6 is 11.6 Å². The van der Waals surface area contributed by atoms with Crippen LogP contribution in [0.1, 0.15) is 147 Å². The highest BCUT2D eigenvalue weighted by atomic mass is 35.5. The molecule has 0 radical (unpaired) electrons. The number of anilines is 3. The highest BCUT2D eigenvalue weighted by Gasteiger charge is 2.30. The third-order valence-corrected chi connectivity index (χ3v) is 15.7. The number of amides is 2. The molecular weight excluding hydrogens is 1100 g/mol. The summed E-state index contributed by atoms with van der Waals surface area (Å²) in [6.07, 6.45) is 21.4. The highest BCUT2D eigenvalue weighted by Crippen LogP contribution is 2.26. The van der Waals surface area contributed by atoms with Crippen LogP contribution in [0.4, 0.5) is 17.8 Å². The van der Waals surface area contributed by atoms with Crippen LogP contribution < -0.4 is 31.8 Å². The number of imidazole rings is 3. The van der Waals surface area contributed by atoms with E-state index in [9.17, 15) is 28.8 Å². The summed E-state index contributed by atoms with van der Waals surface area (Å²) in [5.41, 5.74) is 1.20. The molecule has 2 amide bonds. The van der Waals surface area contributed by atoms with Crippen LogP contribution in [0.15, 0.2) is 57.3 Å². The average Bonchev–Trinajstić information content (AvgIpc) is 2.41. The van der Waals surface area contributed by atoms with E-state index in [0.717, 1.165) is 142 Å². The van der Waals surface area contributed by atoms with Crippen LogP contribution in [-0.2, 0) is 48.2 Å². The average molecular weight is 1180 g/mol. The summed E-state index contributed by atoms with van der Waals surface area (Å²) in [5, 5.41) is 23.5. The number of ether oxygens (including phenoxy) is 3. The predicted molar refractivity (Wildman–Crippen MR) is 318 cm³/mol. The molecule has 3 saturated heterocycles. The largest absolute Gasteiger partial charge is 0.400 e. The summed E-state index contributed by atoms with van der Waals surface area (Å²) in [6.45, 7) is 20.7. The Labute approximate surface area is 492 Å². The Morgan fingerprint density at radius 2 is 1.00 bits per heavy atom. The number of nitrogens with zero attached hydrogens (tertiary/aromatic N) is 14. The SMILES string of the molecule is CC(C)c1ncc2c(=O)n3c(nn12)N(C(=O)/C=C/C1CCOCC1)CCC3.CC(C)c1ncc2c(=O)n3c(nn12)N(C(=O)CCC1CCOCC1)CCC3.CC(C)c1ncc2c(=O)n3c(nn12)NCCC3.CO.O=C(Cl)/C=C/C1CCOCC1. The van der Waals surface area contributed by atoms with Gasteiger partial charge in [-0.3, -0.25) is 52.3 Å². The normalized spacial score (nSPS) is 17.7. The maximum Gasteiger partial charge on any atom is 0.280 e. The van der Waals surface area contributed by atoms with Gasteiger partial charge in [0.2, 0.25) is 29.0 Å². The number of aliphatic hydroxyl groups is 1. The van der Waals surface area contributed by atoms with Crippen molar-refractivity contribution < 1.29 is 33.7 Å². The second-order valence-corrected chi connectivity index (χ2v) is 22.9. The highest BCUT2D eigenvalue weighted by molar-refractivity contribution is 6.66. The summed E-state index contributed by atoms with van der Waals surface area (Å²) in [5.74, 6) is 5.62. The molecule has 0 aliphatic carbocycles. The number of rotatable bonds is 10. The van der Waals surface area contributed by atoms with Gasteiger partial charge < -0.3 is 24.6 Å². The summed E-state index contributed by atoms with van der Waals surface area (Å²) < 4.78 is 25.7. The van der Waals surface area contributed by atoms with Gasteiger partial charge in [-0.2, -0.15) is 0 Å². The molecule has 0 unspecified atom stereocenters. The monoisotopic (exact) mass is 1180 g/mol. The van der Waals surface area contributed by atoms with Gasteiger partial charge in [-0.25, -0.2) is 28.5 Å². The number of nitrogens with one attached hydrogen (secondary N) is 1. The molecule has 12 heterocycles. The van der Waals surface area contributed by atoms with Gasteiger partial charge >= 0.3 is 0 Å². The number of halogens is 1. The summed E-state index contributed by atoms with van der Waals surface area (Å²) >= 11 is 5.14. The number of carbonyl (C=O) groups is 3. The molecule has 6 aliphatic heterocycles. The zero-order valence-corrected chi connectivity index (χ0v) is 50.3. The van der Waals surface area contributed by atoms with Crippen LogP contribution in [0.5, 0.6) is 0 Å². The number of allylic oxidation sites excluding steroid dienone is 3. The van der Waals surface area contributed by atoms with Gasteiger partial charge in [-0.15, -0.1) is 15.3 Å². The Balaban J connectivity index is 0.000000152. The first-order chi connectivity index (χ1) is 40.6. The first-order valence-electron chi connectivity index (χ1n) is 29.6. The number of fused-ring (bicyclic) bond motifs is 6. The number of aromatic nitrogens is 12. The molecule has 12 rings (SSSR count). The van der Waals surface area contributed by atoms with E-state index in [4.69, 9.17) is 30.9 Å². The lowest BCUT2D eigenvalue weighted by atomic mass is 9.94. The maximum atomic E-state index is 12.9. The van der Waals surface area contributed by atoms with Crippen molar-refractivity contribution in [1.82, 2.24) is 57.5 Å². The minimum absolute atomic E-state index is 0.0124. The van der Waals surface area contributed by atoms with Gasteiger partial charge in [-0.05, 0) is 106 Å². The fraction of sp³-hybridized carbons (Fsp3) is 0.621. The summed E-state index contributed by atoms with van der Waals surface area (Å²) in [6, 6.07) is 0. The van der Waals surface area contributed by atoms with Crippen molar-refractivity contribution in [3.8, 4) is 0 Å². The zero-order valence-electron chi connectivity index (χ0n) is 49.5. The predicted octanol–water partition coefficient (Wildman–Crippen LogP) is 5.86. The smallest absolute Gasteiger partial charge is 0.280 e. The number of hydrogen-bond acceptors (Lipinski definition) is 17. The molecule has 456 valence electrons. The topological polar surface area (TPSA) is 274 Å². The van der Waals surface area contributed by atoms with Crippen LogP contribution in [0.3, 0.4) is 0 Å². The van der Waals surface area contributed by atoms with Crippen molar-refractivity contribution >= 4 is 63.1 Å². The molecule has 0 saturated carbocycles. The Morgan fingerprint density at radius 3 is 1.48 bits per heavy atom. The summed E-state index contributed by atoms with van der Waals surface area (Å²) in [7, 11) is 1.00. The molecule has 3 fully saturated rings. The zero-order chi connectivity index (χ0) is 60.0. The first-order valence-corrected chi connectivity index (χ1v) is 30.0. The molecule has 26 heteroatoms. The molecule has 0 atom stereocenters. The Hall–Kier alpha value is -6.93. The van der Waals surface area contributed by atoms with Gasteiger partial charge in [0.25, 0.3) is 22.6 Å². The van der Waals surface area contributed by atoms with Crippen LogP contribution in [0.2, 0.25) is 0 Å². The number of hydrogen-bond donors (Lipinski definition) is 2. The van der Waals surface area contributed by atoms with Crippen molar-refractivity contribution in [2.75, 3.05) is 81.5 Å². The fourth-order valence-corrected chi connectivity index (χ4v) is 11.0. The van der Waals surface area contributed by atoms with Crippen LogP contribution in [-0.4, -0.2) is 146 Å². The second kappa shape index (κ2) is 29.7. The molecule has 6 aromatic heterocycles. The minimum Gasteiger partial charge on any atom is -0.400 e. The standard InChI is InChI=1S/C19H27N5O3.C19H25N5O3.C11H15N5O.C8H11ClO2.CH4O/c2*1-13(2)17-20-12-15-18(26)23-9-3-8-22(19(23)21-24(15)17)16(25)5-4-14-6-10-27-11-7-14;1-7(2)9-13-6-8-10(17)15-5-3-4-12-11(15)14-16(8)9;9-8(10)2-1-7-3-5-11-6-4-7;1-2/h12-14H,3-11H2,1-2H3;4-5,12-14H,3,6-11H2,1-2H3;6-7H,3-5H2,1-2H3,(H,12,14);1-2,7H,3-6H2;2H,1H3/b;5-4+;;2-1+;. The van der Waals surface area contributed by atoms with Crippen molar-refractivity contribution in [2.24, 2.45) is 17.8 Å². The molecule has 84 heavy (non-hydrogen) atoms. The molecule has 25 nitrogen and oxygen atoms in total. The van der Waals surface area contributed by atoms with E-state index in [1.165, 1.54) is 6.08 Å². The van der Waals surface area contributed by atoms with E-state index >= 15 is 0 Å². The van der Waals surface area contributed by atoms with E-state index in [1.54, 1.807) is 61.7 Å². The van der Waals surface area contributed by atoms with Crippen LogP contribution in [0.25, 0.3) is 16.6 Å². The van der Waals surface area contributed by atoms with E-state index in [2.05, 4.69) is 35.6 Å². The molecule has 0 bridgehead atoms. The molecule has 6 aromatic rings. The van der Waals surface area contributed by atoms with Crippen molar-refractivity contribution in [1.29, 1.82) is 0 Å². The third-order valence-electron chi connectivity index (χ3n) is 15.6. The third kappa shape index (κ3) is 14.9. The van der Waals surface area contributed by atoms with Crippen molar-refractivity contribution in [3.05, 3.63) is 91.4 Å². The van der Waals surface area contributed by atoms with E-state index < -0.39 is 5.24 Å². The second-order valence-electron chi connectivity index (χ2n) is 22.5. The Morgan fingerprint density at radius 1 is 0.583 bits per heavy atom. The molecule has 0 aromatic carbocycles.